The van der Waals surface area contributed by atoms with Crippen molar-refractivity contribution in [3.05, 3.63) is 44.4 Å². The first-order valence-corrected chi connectivity index (χ1v) is 4.39. The third-order valence-electron chi connectivity index (χ3n) is 1.99. The van der Waals surface area contributed by atoms with Crippen LogP contribution in [0.15, 0.2) is 27.5 Å². The third-order valence-corrected chi connectivity index (χ3v) is 1.99. The molecule has 0 aliphatic rings. The molecule has 0 unspecified atom stereocenters. The number of H-pyrrole nitrogens is 1. The molecule has 0 saturated heterocycles. The molecule has 1 aromatic carbocycles. The van der Waals surface area contributed by atoms with Crippen LogP contribution in [0, 0.1) is 17.0 Å². The van der Waals surface area contributed by atoms with Gasteiger partial charge in [0.15, 0.2) is 5.82 Å². The van der Waals surface area contributed by atoms with E-state index in [0.29, 0.717) is 11.1 Å². The van der Waals surface area contributed by atoms with Crippen LogP contribution >= 0.6 is 0 Å². The highest BCUT2D eigenvalue weighted by Gasteiger charge is 2.11. The van der Waals surface area contributed by atoms with E-state index in [4.69, 9.17) is 0 Å². The zero-order valence-electron chi connectivity index (χ0n) is 8.26. The van der Waals surface area contributed by atoms with E-state index in [1.165, 1.54) is 12.1 Å². The zero-order chi connectivity index (χ0) is 11.7. The van der Waals surface area contributed by atoms with Gasteiger partial charge < -0.3 is 0 Å². The molecule has 0 spiro atoms. The first kappa shape index (κ1) is 10.1. The molecular formula is C9H7N3O4. The number of nitro benzene ring substituents is 1. The Bertz CT molecular complexity index is 599. The molecule has 0 amide bonds. The van der Waals surface area contributed by atoms with Crippen molar-refractivity contribution in [2.24, 2.45) is 0 Å². The fourth-order valence-corrected chi connectivity index (χ4v) is 1.36. The molecule has 0 aliphatic heterocycles. The first-order chi connectivity index (χ1) is 7.56. The summed E-state index contributed by atoms with van der Waals surface area (Å²) in [4.78, 5) is 23.2. The molecule has 82 valence electrons. The maximum Gasteiger partial charge on any atom is 0.439 e. The molecule has 2 aromatic rings. The van der Waals surface area contributed by atoms with Gasteiger partial charge in [0.2, 0.25) is 0 Å². The molecule has 1 aromatic heterocycles. The molecule has 1 N–H and O–H groups in total. The maximum atomic E-state index is 10.7. The van der Waals surface area contributed by atoms with Crippen LogP contribution in [0.3, 0.4) is 0 Å². The van der Waals surface area contributed by atoms with Crippen molar-refractivity contribution in [1.82, 2.24) is 10.1 Å². The van der Waals surface area contributed by atoms with Gasteiger partial charge in [-0.05, 0) is 18.6 Å². The Morgan fingerprint density at radius 3 is 2.75 bits per heavy atom. The monoisotopic (exact) mass is 221 g/mol. The summed E-state index contributed by atoms with van der Waals surface area (Å²) in [7, 11) is 0. The van der Waals surface area contributed by atoms with Crippen molar-refractivity contribution in [2.45, 2.75) is 6.92 Å². The van der Waals surface area contributed by atoms with E-state index in [-0.39, 0.29) is 11.5 Å². The smallest absolute Gasteiger partial charge is 0.296 e. The van der Waals surface area contributed by atoms with Crippen molar-refractivity contribution in [1.29, 1.82) is 0 Å². The number of aromatic nitrogens is 2. The largest absolute Gasteiger partial charge is 0.439 e. The Kier molecular flexibility index (Phi) is 2.28. The molecule has 7 nitrogen and oxygen atoms in total. The Morgan fingerprint density at radius 1 is 1.44 bits per heavy atom. The highest BCUT2D eigenvalue weighted by atomic mass is 16.6. The Balaban J connectivity index is 2.57. The molecule has 0 atom stereocenters. The lowest BCUT2D eigenvalue weighted by Gasteiger charge is -1.98. The fraction of sp³-hybridized carbons (Fsp3) is 0.111. The van der Waals surface area contributed by atoms with E-state index in [1.54, 1.807) is 13.0 Å². The summed E-state index contributed by atoms with van der Waals surface area (Å²) < 4.78 is 4.33. The molecule has 1 heterocycles. The minimum atomic E-state index is -0.695. The molecule has 16 heavy (non-hydrogen) atoms. The van der Waals surface area contributed by atoms with E-state index in [2.05, 4.69) is 14.7 Å². The van der Waals surface area contributed by atoms with E-state index in [1.807, 2.05) is 0 Å². The number of non-ortho nitro benzene ring substituents is 1. The summed E-state index contributed by atoms with van der Waals surface area (Å²) in [6.07, 6.45) is 0. The average molecular weight is 221 g/mol. The van der Waals surface area contributed by atoms with Crippen LogP contribution in [0.5, 0.6) is 0 Å². The fourth-order valence-electron chi connectivity index (χ4n) is 1.36. The van der Waals surface area contributed by atoms with Crippen molar-refractivity contribution >= 4 is 5.69 Å². The zero-order valence-corrected chi connectivity index (χ0v) is 8.26. The van der Waals surface area contributed by atoms with Crippen molar-refractivity contribution < 1.29 is 9.45 Å². The minimum absolute atomic E-state index is 0.0566. The second-order valence-electron chi connectivity index (χ2n) is 3.26. The molecule has 7 heteroatoms. The third kappa shape index (κ3) is 1.83. The number of nitrogens with zero attached hydrogens (tertiary/aromatic N) is 2. The summed E-state index contributed by atoms with van der Waals surface area (Å²) >= 11 is 0. The number of aryl methyl sites for hydroxylation is 1. The SMILES string of the molecule is Cc1cc(-c2noc(=O)[nH]2)cc([N+](=O)[O-])c1. The van der Waals surface area contributed by atoms with Crippen LogP contribution in [0.1, 0.15) is 5.56 Å². The van der Waals surface area contributed by atoms with Crippen molar-refractivity contribution in [3.8, 4) is 11.4 Å². The summed E-state index contributed by atoms with van der Waals surface area (Å²) in [5.41, 5.74) is 1.09. The predicted octanol–water partition coefficient (Wildman–Crippen LogP) is 1.25. The van der Waals surface area contributed by atoms with E-state index in [0.717, 1.165) is 0 Å². The summed E-state index contributed by atoms with van der Waals surface area (Å²) in [6, 6.07) is 4.42. The van der Waals surface area contributed by atoms with Gasteiger partial charge in [0.1, 0.15) is 0 Å². The molecule has 0 fully saturated rings. The van der Waals surface area contributed by atoms with Gasteiger partial charge in [-0.25, -0.2) is 4.79 Å². The van der Waals surface area contributed by atoms with Gasteiger partial charge >= 0.3 is 5.76 Å². The lowest BCUT2D eigenvalue weighted by atomic mass is 10.1. The highest BCUT2D eigenvalue weighted by molar-refractivity contribution is 5.60. The number of nitrogens with one attached hydrogen (secondary N) is 1. The number of hydrogen-bond acceptors (Lipinski definition) is 5. The van der Waals surface area contributed by atoms with E-state index >= 15 is 0 Å². The van der Waals surface area contributed by atoms with Gasteiger partial charge in [-0.3, -0.25) is 19.6 Å². The average Bonchev–Trinajstić information content (AvgIpc) is 2.64. The van der Waals surface area contributed by atoms with Gasteiger partial charge in [-0.2, -0.15) is 0 Å². The highest BCUT2D eigenvalue weighted by Crippen LogP contribution is 2.22. The Labute approximate surface area is 88.9 Å². The summed E-state index contributed by atoms with van der Waals surface area (Å²) in [5.74, 6) is -0.518. The van der Waals surface area contributed by atoms with Crippen molar-refractivity contribution in [2.75, 3.05) is 0 Å². The quantitative estimate of drug-likeness (QED) is 0.607. The molecule has 0 radical (unpaired) electrons. The normalized spacial score (nSPS) is 10.3. The maximum absolute atomic E-state index is 10.7. The molecule has 0 aliphatic carbocycles. The molecule has 0 bridgehead atoms. The summed E-state index contributed by atoms with van der Waals surface area (Å²) in [6.45, 7) is 1.72. The van der Waals surface area contributed by atoms with Crippen LogP contribution in [0.4, 0.5) is 5.69 Å². The molecular weight excluding hydrogens is 214 g/mol. The number of hydrogen-bond donors (Lipinski definition) is 1. The predicted molar refractivity (Wildman–Crippen MR) is 54.0 cm³/mol. The van der Waals surface area contributed by atoms with Gasteiger partial charge in [0.05, 0.1) is 4.92 Å². The van der Waals surface area contributed by atoms with Crippen LogP contribution in [-0.4, -0.2) is 15.1 Å². The lowest BCUT2D eigenvalue weighted by Crippen LogP contribution is -1.95. The number of nitro groups is 1. The minimum Gasteiger partial charge on any atom is -0.296 e. The van der Waals surface area contributed by atoms with Gasteiger partial charge in [-0.1, -0.05) is 5.16 Å². The summed E-state index contributed by atoms with van der Waals surface area (Å²) in [5, 5.41) is 14.1. The topological polar surface area (TPSA) is 102 Å². The Hall–Kier alpha value is -2.44. The molecule has 2 rings (SSSR count). The Morgan fingerprint density at radius 2 is 2.19 bits per heavy atom. The van der Waals surface area contributed by atoms with Crippen molar-refractivity contribution in [3.63, 3.8) is 0 Å². The van der Waals surface area contributed by atoms with Crippen LogP contribution in [-0.2, 0) is 0 Å². The van der Waals surface area contributed by atoms with Crippen LogP contribution in [0.25, 0.3) is 11.4 Å². The standard InChI is InChI=1S/C9H7N3O4/c1-5-2-6(4-7(3-5)12(14)15)8-10-9(13)16-11-8/h2-4H,1H3,(H,10,11,13). The number of benzene rings is 1. The number of aromatic amines is 1. The molecule has 0 saturated carbocycles. The van der Waals surface area contributed by atoms with Gasteiger partial charge in [-0.15, -0.1) is 0 Å². The van der Waals surface area contributed by atoms with Crippen LogP contribution in [0.2, 0.25) is 0 Å². The second kappa shape index (κ2) is 3.61. The van der Waals surface area contributed by atoms with Gasteiger partial charge in [0.25, 0.3) is 5.69 Å². The van der Waals surface area contributed by atoms with Gasteiger partial charge in [0, 0.05) is 17.7 Å². The number of rotatable bonds is 2. The van der Waals surface area contributed by atoms with E-state index < -0.39 is 10.7 Å². The second-order valence-corrected chi connectivity index (χ2v) is 3.26. The lowest BCUT2D eigenvalue weighted by molar-refractivity contribution is -0.384. The van der Waals surface area contributed by atoms with E-state index in [9.17, 15) is 14.9 Å². The first-order valence-electron chi connectivity index (χ1n) is 4.39. The van der Waals surface area contributed by atoms with Crippen LogP contribution < -0.4 is 5.76 Å².